The van der Waals surface area contributed by atoms with Crippen LogP contribution in [0.15, 0.2) is 271 Å². The Hall–Kier alpha value is -9.88. The Labute approximate surface area is 441 Å². The lowest BCUT2D eigenvalue weighted by Crippen LogP contribution is -2.12. The highest BCUT2D eigenvalue weighted by Crippen LogP contribution is 2.50. The van der Waals surface area contributed by atoms with Gasteiger partial charge in [0.1, 0.15) is 16.8 Å². The minimum absolute atomic E-state index is 0.869. The third kappa shape index (κ3) is 6.57. The van der Waals surface area contributed by atoms with Gasteiger partial charge in [-0.05, 0) is 143 Å². The van der Waals surface area contributed by atoms with Gasteiger partial charge in [0, 0.05) is 86.9 Å². The summed E-state index contributed by atoms with van der Waals surface area (Å²) in [4.78, 5) is 4.85. The molecule has 0 N–H and O–H groups in total. The Morgan fingerprint density at radius 3 is 1.61 bits per heavy atom. The highest BCUT2D eigenvalue weighted by atomic mass is 32.1. The van der Waals surface area contributed by atoms with E-state index >= 15 is 0 Å². The lowest BCUT2D eigenvalue weighted by molar-refractivity contribution is 0.669. The third-order valence-corrected chi connectivity index (χ3v) is 16.5. The predicted octanol–water partition coefficient (Wildman–Crippen LogP) is 20.2. The Bertz CT molecular complexity index is 4960. The van der Waals surface area contributed by atoms with Gasteiger partial charge in [0.2, 0.25) is 0 Å². The van der Waals surface area contributed by atoms with E-state index in [9.17, 15) is 0 Å². The third-order valence-electron chi connectivity index (χ3n) is 15.4. The molecule has 0 atom stereocenters. The van der Waals surface area contributed by atoms with E-state index in [-0.39, 0.29) is 0 Å². The van der Waals surface area contributed by atoms with Crippen LogP contribution in [0.2, 0.25) is 0 Å². The maximum atomic E-state index is 6.37. The maximum Gasteiger partial charge on any atom is 0.135 e. The van der Waals surface area contributed by atoms with Crippen molar-refractivity contribution in [2.45, 2.75) is 0 Å². The lowest BCUT2D eigenvalue weighted by atomic mass is 10.1. The van der Waals surface area contributed by atoms with Crippen molar-refractivity contribution in [3.05, 3.63) is 267 Å². The number of thiophene rings is 1. The molecule has 0 unspecified atom stereocenters. The largest absolute Gasteiger partial charge is 0.456 e. The molecular formula is C70H44N4OS. The summed E-state index contributed by atoms with van der Waals surface area (Å²) in [6.07, 6.45) is 0. The van der Waals surface area contributed by atoms with Crippen molar-refractivity contribution in [2.24, 2.45) is 0 Å². The molecule has 16 aromatic rings. The van der Waals surface area contributed by atoms with Crippen LogP contribution in [0.4, 0.5) is 34.1 Å². The van der Waals surface area contributed by atoms with E-state index in [0.717, 1.165) is 94.9 Å². The first-order chi connectivity index (χ1) is 37.7. The van der Waals surface area contributed by atoms with Crippen LogP contribution in [0.25, 0.3) is 108 Å². The van der Waals surface area contributed by atoms with Crippen LogP contribution in [0.5, 0.6) is 0 Å². The summed E-state index contributed by atoms with van der Waals surface area (Å²) in [5.74, 6) is 0. The molecule has 0 aliphatic rings. The number of rotatable bonds is 8. The van der Waals surface area contributed by atoms with Crippen LogP contribution < -0.4 is 9.80 Å². The van der Waals surface area contributed by atoms with Gasteiger partial charge >= 0.3 is 0 Å². The Kier molecular flexibility index (Phi) is 9.44. The molecule has 0 radical (unpaired) electrons. The number of nitrogens with zero attached hydrogens (tertiary/aromatic N) is 4. The second kappa shape index (κ2) is 16.8. The second-order valence-corrected chi connectivity index (χ2v) is 20.8. The van der Waals surface area contributed by atoms with Gasteiger partial charge < -0.3 is 14.2 Å². The summed E-state index contributed by atoms with van der Waals surface area (Å²) in [6.45, 7) is 0. The van der Waals surface area contributed by atoms with E-state index in [0.29, 0.717) is 0 Å². The van der Waals surface area contributed by atoms with E-state index in [2.05, 4.69) is 274 Å². The molecule has 4 aromatic heterocycles. The first-order valence-corrected chi connectivity index (χ1v) is 26.6. The standard InChI is InChI=1S/C70H44N4OS/c1-3-20-49(21-4-1)71(54-35-38-65-59(42-54)56-24-11-13-28-64(56)75-65)53-34-37-62-61(44-53)68-58-26-15-27-63(72(50-22-5-2-6-23-50)55-36-39-67-60(43-55)57-25-12-14-29-66(57)76-67)69(58)74(52-33-31-46-17-8-10-19-48(46)41-52)70(68)73(62)51-32-30-45-16-7-9-18-47(45)40-51/h1-44H. The molecule has 0 saturated carbocycles. The molecule has 0 bridgehead atoms. The molecule has 0 saturated heterocycles. The highest BCUT2D eigenvalue weighted by molar-refractivity contribution is 7.25. The topological polar surface area (TPSA) is 29.5 Å². The fraction of sp³-hybridized carbons (Fsp3) is 0. The van der Waals surface area contributed by atoms with E-state index in [1.807, 2.05) is 23.5 Å². The monoisotopic (exact) mass is 988 g/mol. The van der Waals surface area contributed by atoms with Crippen molar-refractivity contribution in [1.82, 2.24) is 9.13 Å². The lowest BCUT2D eigenvalue weighted by Gasteiger charge is -2.27. The van der Waals surface area contributed by atoms with Crippen molar-refractivity contribution in [3.8, 4) is 11.4 Å². The smallest absolute Gasteiger partial charge is 0.135 e. The van der Waals surface area contributed by atoms with Gasteiger partial charge in [-0.25, -0.2) is 0 Å². The van der Waals surface area contributed by atoms with Crippen LogP contribution in [-0.2, 0) is 0 Å². The normalized spacial score (nSPS) is 11.9. The van der Waals surface area contributed by atoms with Crippen molar-refractivity contribution in [2.75, 3.05) is 9.80 Å². The first-order valence-electron chi connectivity index (χ1n) is 25.8. The first kappa shape index (κ1) is 42.6. The molecule has 16 rings (SSSR count). The summed E-state index contributed by atoms with van der Waals surface area (Å²) >= 11 is 1.85. The average molecular weight is 989 g/mol. The summed E-state index contributed by atoms with van der Waals surface area (Å²) in [6, 6.07) is 97.4. The molecule has 0 fully saturated rings. The van der Waals surface area contributed by atoms with Crippen molar-refractivity contribution < 1.29 is 4.42 Å². The maximum absolute atomic E-state index is 6.37. The number of anilines is 6. The number of benzene rings is 12. The molecular weight excluding hydrogens is 945 g/mol. The minimum atomic E-state index is 0.869. The van der Waals surface area contributed by atoms with Crippen LogP contribution >= 0.6 is 11.3 Å². The van der Waals surface area contributed by atoms with Gasteiger partial charge in [-0.3, -0.25) is 9.13 Å². The fourth-order valence-electron chi connectivity index (χ4n) is 12.0. The molecule has 76 heavy (non-hydrogen) atoms. The zero-order valence-corrected chi connectivity index (χ0v) is 41.8. The fourth-order valence-corrected chi connectivity index (χ4v) is 13.1. The van der Waals surface area contributed by atoms with Gasteiger partial charge in [0.25, 0.3) is 0 Å². The number of para-hydroxylation sites is 4. The number of hydrogen-bond donors (Lipinski definition) is 0. The van der Waals surface area contributed by atoms with E-state index in [1.54, 1.807) is 0 Å². The van der Waals surface area contributed by atoms with Crippen molar-refractivity contribution in [3.63, 3.8) is 0 Å². The molecule has 0 aliphatic heterocycles. The minimum Gasteiger partial charge on any atom is -0.456 e. The summed E-state index contributed by atoms with van der Waals surface area (Å²) in [7, 11) is 0. The van der Waals surface area contributed by atoms with Crippen LogP contribution in [0, 0.1) is 0 Å². The van der Waals surface area contributed by atoms with Gasteiger partial charge in [-0.15, -0.1) is 11.3 Å². The number of aromatic nitrogens is 2. The van der Waals surface area contributed by atoms with Gasteiger partial charge in [-0.1, -0.05) is 146 Å². The van der Waals surface area contributed by atoms with E-state index < -0.39 is 0 Å². The Morgan fingerprint density at radius 2 is 0.855 bits per heavy atom. The van der Waals surface area contributed by atoms with Crippen LogP contribution in [0.1, 0.15) is 0 Å². The molecule has 4 heterocycles. The molecule has 5 nitrogen and oxygen atoms in total. The molecule has 12 aromatic carbocycles. The van der Waals surface area contributed by atoms with E-state index in [1.165, 1.54) is 47.1 Å². The Morgan fingerprint density at radius 1 is 0.316 bits per heavy atom. The number of hydrogen-bond acceptors (Lipinski definition) is 4. The summed E-state index contributed by atoms with van der Waals surface area (Å²) < 4.78 is 14.0. The van der Waals surface area contributed by atoms with Gasteiger partial charge in [0.15, 0.2) is 0 Å². The van der Waals surface area contributed by atoms with E-state index in [4.69, 9.17) is 4.42 Å². The Balaban J connectivity index is 1.04. The van der Waals surface area contributed by atoms with Crippen LogP contribution in [-0.4, -0.2) is 9.13 Å². The molecule has 0 spiro atoms. The molecule has 6 heteroatoms. The zero-order valence-electron chi connectivity index (χ0n) is 41.0. The van der Waals surface area contributed by atoms with Crippen molar-refractivity contribution in [1.29, 1.82) is 0 Å². The predicted molar refractivity (Wildman–Crippen MR) is 322 cm³/mol. The molecule has 356 valence electrons. The summed E-state index contributed by atoms with van der Waals surface area (Å²) in [5, 5.41) is 13.0. The van der Waals surface area contributed by atoms with Gasteiger partial charge in [-0.2, -0.15) is 0 Å². The van der Waals surface area contributed by atoms with Gasteiger partial charge in [0.05, 0.1) is 16.7 Å². The number of furan rings is 1. The van der Waals surface area contributed by atoms with Crippen molar-refractivity contribution >= 4 is 142 Å². The summed E-state index contributed by atoms with van der Waals surface area (Å²) in [5.41, 5.74) is 13.6. The average Bonchev–Trinajstić information content (AvgIpc) is 4.28. The zero-order chi connectivity index (χ0) is 49.8. The quantitative estimate of drug-likeness (QED) is 0.152. The molecule has 0 aliphatic carbocycles. The van der Waals surface area contributed by atoms with Crippen LogP contribution in [0.3, 0.4) is 0 Å². The second-order valence-electron chi connectivity index (χ2n) is 19.7. The number of fused-ring (bicyclic) bond motifs is 13. The molecule has 0 amide bonds. The highest BCUT2D eigenvalue weighted by Gasteiger charge is 2.28. The SMILES string of the molecule is c1ccc(N(c2ccc3oc4ccccc4c3c2)c2ccc3c(c2)c2c4cccc(N(c5ccccc5)c5ccc6sc7ccccc7c6c5)c4n(-c4ccc5ccccc5c4)c2n3-c2ccc3ccccc3c2)cc1.